The van der Waals surface area contributed by atoms with E-state index in [1.54, 1.807) is 11.8 Å². The van der Waals surface area contributed by atoms with Crippen molar-refractivity contribution in [1.82, 2.24) is 19.2 Å². The molecule has 150 valence electrons. The van der Waals surface area contributed by atoms with Crippen LogP contribution < -0.4 is 4.74 Å². The van der Waals surface area contributed by atoms with Gasteiger partial charge in [-0.05, 0) is 36.8 Å². The van der Waals surface area contributed by atoms with Gasteiger partial charge in [0.25, 0.3) is 0 Å². The fourth-order valence-corrected chi connectivity index (χ4v) is 4.34. The lowest BCUT2D eigenvalue weighted by Crippen LogP contribution is -2.01. The van der Waals surface area contributed by atoms with Crippen molar-refractivity contribution in [1.29, 1.82) is 0 Å². The smallest absolute Gasteiger partial charge is 0.237 e. The van der Waals surface area contributed by atoms with Crippen LogP contribution in [0.25, 0.3) is 16.8 Å². The number of benzene rings is 3. The maximum atomic E-state index is 5.86. The van der Waals surface area contributed by atoms with Crippen LogP contribution >= 0.6 is 11.8 Å². The van der Waals surface area contributed by atoms with E-state index in [1.165, 1.54) is 11.1 Å². The Hall–Kier alpha value is -3.25. The maximum Gasteiger partial charge on any atom is 0.237 e. The highest BCUT2D eigenvalue weighted by atomic mass is 32.2. The number of hydrogen-bond acceptors (Lipinski definition) is 4. The first-order valence-corrected chi connectivity index (χ1v) is 11.0. The van der Waals surface area contributed by atoms with Gasteiger partial charge in [-0.2, -0.15) is 0 Å². The third-order valence-corrected chi connectivity index (χ3v) is 5.95. The van der Waals surface area contributed by atoms with E-state index in [9.17, 15) is 0 Å². The zero-order chi connectivity index (χ0) is 20.3. The van der Waals surface area contributed by atoms with Crippen molar-refractivity contribution in [2.24, 2.45) is 0 Å². The van der Waals surface area contributed by atoms with E-state index in [-0.39, 0.29) is 0 Å². The monoisotopic (exact) mass is 414 g/mol. The van der Waals surface area contributed by atoms with Gasteiger partial charge in [-0.3, -0.25) is 4.40 Å². The van der Waals surface area contributed by atoms with Crippen LogP contribution in [-0.4, -0.2) is 31.5 Å². The molecule has 0 saturated heterocycles. The molecule has 5 aromatic rings. The highest BCUT2D eigenvalue weighted by molar-refractivity contribution is 7.99. The third kappa shape index (κ3) is 3.66. The molecular formula is C24H22N4OS. The SMILES string of the molecule is Cc1ccc(OCCSc2nnc3n(Cc4ccccc4)c4ccccc4n23)cc1. The molecule has 0 bridgehead atoms. The molecule has 30 heavy (non-hydrogen) atoms. The van der Waals surface area contributed by atoms with Crippen LogP contribution in [0.15, 0.2) is 84.0 Å². The molecule has 0 aliphatic rings. The van der Waals surface area contributed by atoms with Gasteiger partial charge in [0.05, 0.1) is 24.2 Å². The molecule has 0 radical (unpaired) electrons. The molecule has 0 spiro atoms. The van der Waals surface area contributed by atoms with E-state index in [0.717, 1.165) is 40.0 Å². The van der Waals surface area contributed by atoms with Crippen molar-refractivity contribution in [2.45, 2.75) is 18.6 Å². The summed E-state index contributed by atoms with van der Waals surface area (Å²) in [4.78, 5) is 0. The normalized spacial score (nSPS) is 11.4. The quantitative estimate of drug-likeness (QED) is 0.271. The number of aryl methyl sites for hydroxylation is 1. The summed E-state index contributed by atoms with van der Waals surface area (Å²) in [5.74, 6) is 2.56. The van der Waals surface area contributed by atoms with E-state index >= 15 is 0 Å². The number of fused-ring (bicyclic) bond motifs is 3. The molecule has 2 aromatic heterocycles. The second kappa shape index (κ2) is 8.24. The molecule has 5 nitrogen and oxygen atoms in total. The molecule has 0 unspecified atom stereocenters. The Kier molecular flexibility index (Phi) is 5.15. The number of nitrogens with zero attached hydrogens (tertiary/aromatic N) is 4. The van der Waals surface area contributed by atoms with Crippen molar-refractivity contribution in [3.63, 3.8) is 0 Å². The highest BCUT2D eigenvalue weighted by Gasteiger charge is 2.17. The van der Waals surface area contributed by atoms with Crippen LogP contribution in [0, 0.1) is 6.92 Å². The van der Waals surface area contributed by atoms with Gasteiger partial charge in [-0.15, -0.1) is 10.2 Å². The Morgan fingerprint density at radius 1 is 0.833 bits per heavy atom. The topological polar surface area (TPSA) is 44.4 Å². The first-order chi connectivity index (χ1) is 14.8. The molecule has 0 atom stereocenters. The summed E-state index contributed by atoms with van der Waals surface area (Å²) in [5, 5.41) is 9.87. The molecule has 0 amide bonds. The van der Waals surface area contributed by atoms with Gasteiger partial charge < -0.3 is 9.30 Å². The van der Waals surface area contributed by atoms with Crippen molar-refractivity contribution >= 4 is 28.6 Å². The summed E-state index contributed by atoms with van der Waals surface area (Å²) < 4.78 is 10.2. The predicted octanol–water partition coefficient (Wildman–Crippen LogP) is 5.21. The van der Waals surface area contributed by atoms with Crippen molar-refractivity contribution in [3.05, 3.63) is 90.0 Å². The lowest BCUT2D eigenvalue weighted by Gasteiger charge is -2.05. The van der Waals surface area contributed by atoms with Crippen molar-refractivity contribution in [3.8, 4) is 5.75 Å². The number of thioether (sulfide) groups is 1. The molecule has 5 rings (SSSR count). The Morgan fingerprint density at radius 3 is 2.37 bits per heavy atom. The third-order valence-electron chi connectivity index (χ3n) is 5.06. The van der Waals surface area contributed by atoms with Gasteiger partial charge >= 0.3 is 0 Å². The number of ether oxygens (including phenoxy) is 1. The number of imidazole rings is 1. The van der Waals surface area contributed by atoms with Crippen molar-refractivity contribution < 1.29 is 4.74 Å². The van der Waals surface area contributed by atoms with Crippen LogP contribution in [0.2, 0.25) is 0 Å². The molecule has 0 aliphatic carbocycles. The van der Waals surface area contributed by atoms with Gasteiger partial charge in [0.2, 0.25) is 5.78 Å². The Morgan fingerprint density at radius 2 is 1.57 bits per heavy atom. The molecule has 0 fully saturated rings. The Balaban J connectivity index is 1.38. The molecule has 6 heteroatoms. The molecule has 0 aliphatic heterocycles. The first kappa shape index (κ1) is 18.8. The summed E-state index contributed by atoms with van der Waals surface area (Å²) in [7, 11) is 0. The number of aromatic nitrogens is 4. The largest absolute Gasteiger partial charge is 0.493 e. The Bertz CT molecular complexity index is 1280. The van der Waals surface area contributed by atoms with Crippen LogP contribution in [0.4, 0.5) is 0 Å². The fourth-order valence-electron chi connectivity index (χ4n) is 3.58. The summed E-state index contributed by atoms with van der Waals surface area (Å²) in [5.41, 5.74) is 4.75. The maximum absolute atomic E-state index is 5.86. The van der Waals surface area contributed by atoms with Gasteiger partial charge in [0, 0.05) is 5.75 Å². The summed E-state index contributed by atoms with van der Waals surface area (Å²) in [6.45, 7) is 3.45. The zero-order valence-corrected chi connectivity index (χ0v) is 17.5. The second-order valence-corrected chi connectivity index (χ2v) is 8.25. The van der Waals surface area contributed by atoms with E-state index in [4.69, 9.17) is 4.74 Å². The van der Waals surface area contributed by atoms with E-state index in [2.05, 4.69) is 86.8 Å². The van der Waals surface area contributed by atoms with Crippen LogP contribution in [0.3, 0.4) is 0 Å². The average molecular weight is 415 g/mol. The van der Waals surface area contributed by atoms with E-state index in [0.29, 0.717) is 6.61 Å². The van der Waals surface area contributed by atoms with Gasteiger partial charge in [-0.1, -0.05) is 71.9 Å². The lowest BCUT2D eigenvalue weighted by molar-refractivity contribution is 0.344. The molecule has 0 saturated carbocycles. The zero-order valence-electron chi connectivity index (χ0n) is 16.7. The Labute approximate surface area is 179 Å². The summed E-state index contributed by atoms with van der Waals surface area (Å²) in [6.07, 6.45) is 0. The molecular weight excluding hydrogens is 392 g/mol. The fraction of sp³-hybridized carbons (Fsp3) is 0.167. The summed E-state index contributed by atoms with van der Waals surface area (Å²) in [6, 6.07) is 27.0. The minimum atomic E-state index is 0.616. The first-order valence-electron chi connectivity index (χ1n) is 9.98. The van der Waals surface area contributed by atoms with Gasteiger partial charge in [-0.25, -0.2) is 0 Å². The van der Waals surface area contributed by atoms with Crippen LogP contribution in [0.1, 0.15) is 11.1 Å². The predicted molar refractivity (Wildman–Crippen MR) is 121 cm³/mol. The lowest BCUT2D eigenvalue weighted by atomic mass is 10.2. The van der Waals surface area contributed by atoms with Gasteiger partial charge in [0.1, 0.15) is 5.75 Å². The minimum Gasteiger partial charge on any atom is -0.493 e. The van der Waals surface area contributed by atoms with Crippen LogP contribution in [0.5, 0.6) is 5.75 Å². The minimum absolute atomic E-state index is 0.616. The molecule has 3 aromatic carbocycles. The molecule has 0 N–H and O–H groups in total. The van der Waals surface area contributed by atoms with Crippen LogP contribution in [-0.2, 0) is 6.54 Å². The van der Waals surface area contributed by atoms with E-state index in [1.807, 2.05) is 18.2 Å². The second-order valence-electron chi connectivity index (χ2n) is 7.19. The summed E-state index contributed by atoms with van der Waals surface area (Å²) >= 11 is 1.66. The number of para-hydroxylation sites is 2. The number of rotatable bonds is 7. The average Bonchev–Trinajstić information content (AvgIpc) is 3.33. The highest BCUT2D eigenvalue weighted by Crippen LogP contribution is 2.26. The molecule has 2 heterocycles. The van der Waals surface area contributed by atoms with Crippen molar-refractivity contribution in [2.75, 3.05) is 12.4 Å². The number of hydrogen-bond donors (Lipinski definition) is 0. The standard InChI is InChI=1S/C24H22N4OS/c1-18-11-13-20(14-12-18)29-15-16-30-24-26-25-23-27(17-19-7-3-2-4-8-19)21-9-5-6-10-22(21)28(23)24/h2-14H,15-17H2,1H3. The van der Waals surface area contributed by atoms with E-state index < -0.39 is 0 Å². The van der Waals surface area contributed by atoms with Gasteiger partial charge in [0.15, 0.2) is 5.16 Å².